The third-order valence-corrected chi connectivity index (χ3v) is 0.871. The Hall–Kier alpha value is -0.570. The maximum atomic E-state index is 10.8. The summed E-state index contributed by atoms with van der Waals surface area (Å²) in [5.74, 6) is -0.169. The van der Waals surface area contributed by atoms with Crippen LogP contribution in [0.25, 0.3) is 0 Å². The van der Waals surface area contributed by atoms with Gasteiger partial charge in [-0.05, 0) is 20.8 Å². The Morgan fingerprint density at radius 3 is 2.33 bits per heavy atom. The molecular weight excluding hydrogens is 116 g/mol. The van der Waals surface area contributed by atoms with Crippen LogP contribution in [0.4, 0.5) is 0 Å². The second-order valence-corrected chi connectivity index (χ2v) is 2.48. The topological polar surface area (TPSA) is 55.1 Å². The largest absolute Gasteiger partial charge is 0.355 e. The van der Waals surface area contributed by atoms with Crippen molar-refractivity contribution in [1.82, 2.24) is 5.32 Å². The Bertz CT molecular complexity index is 104. The number of nitrogens with two attached hydrogens (primary N) is 1. The van der Waals surface area contributed by atoms with Crippen LogP contribution in [0, 0.1) is 6.92 Å². The van der Waals surface area contributed by atoms with Gasteiger partial charge in [0.05, 0.1) is 5.54 Å². The lowest BCUT2D eigenvalue weighted by Crippen LogP contribution is -2.48. The molecule has 0 fully saturated rings. The molecule has 0 saturated heterocycles. The van der Waals surface area contributed by atoms with Crippen molar-refractivity contribution in [3.63, 3.8) is 0 Å². The molecule has 3 heteroatoms. The average molecular weight is 129 g/mol. The number of hydrogen-bond donors (Lipinski definition) is 2. The lowest BCUT2D eigenvalue weighted by atomic mass is 10.1. The van der Waals surface area contributed by atoms with Crippen molar-refractivity contribution in [2.24, 2.45) is 5.73 Å². The standard InChI is InChI=1S/C6H13N2O/c1-4-8-5(9)6(2,3)7/h1,4,7H2,2-3H3,(H,8,9). The fourth-order valence-corrected chi connectivity index (χ4v) is 0.341. The number of nitrogens with one attached hydrogen (secondary N) is 1. The molecule has 0 atom stereocenters. The van der Waals surface area contributed by atoms with Crippen LogP contribution in [0.3, 0.4) is 0 Å². The number of rotatable bonds is 2. The first-order valence-electron chi connectivity index (χ1n) is 2.85. The highest BCUT2D eigenvalue weighted by Gasteiger charge is 2.19. The van der Waals surface area contributed by atoms with E-state index in [1.54, 1.807) is 13.8 Å². The maximum absolute atomic E-state index is 10.8. The zero-order valence-electron chi connectivity index (χ0n) is 5.90. The summed E-state index contributed by atoms with van der Waals surface area (Å²) >= 11 is 0. The lowest BCUT2D eigenvalue weighted by molar-refractivity contribution is -0.124. The molecule has 0 aromatic carbocycles. The van der Waals surface area contributed by atoms with Crippen molar-refractivity contribution in [2.45, 2.75) is 19.4 Å². The number of amides is 1. The van der Waals surface area contributed by atoms with E-state index in [1.165, 1.54) is 0 Å². The molecule has 1 amide bonds. The Kier molecular flexibility index (Phi) is 2.65. The minimum absolute atomic E-state index is 0.169. The molecule has 0 bridgehead atoms. The number of hydrogen-bond acceptors (Lipinski definition) is 2. The summed E-state index contributed by atoms with van der Waals surface area (Å²) < 4.78 is 0. The van der Waals surface area contributed by atoms with E-state index in [1.807, 2.05) is 0 Å². The molecule has 0 unspecified atom stereocenters. The monoisotopic (exact) mass is 129 g/mol. The summed E-state index contributed by atoms with van der Waals surface area (Å²) in [6.07, 6.45) is 0. The highest BCUT2D eigenvalue weighted by Crippen LogP contribution is 1.94. The summed E-state index contributed by atoms with van der Waals surface area (Å²) in [6.45, 7) is 7.14. The zero-order chi connectivity index (χ0) is 7.49. The summed E-state index contributed by atoms with van der Waals surface area (Å²) in [4.78, 5) is 10.8. The molecule has 0 heterocycles. The van der Waals surface area contributed by atoms with Gasteiger partial charge in [-0.15, -0.1) is 0 Å². The van der Waals surface area contributed by atoms with Gasteiger partial charge in [0.15, 0.2) is 0 Å². The molecule has 0 rings (SSSR count). The highest BCUT2D eigenvalue weighted by molar-refractivity contribution is 5.84. The minimum Gasteiger partial charge on any atom is -0.355 e. The highest BCUT2D eigenvalue weighted by atomic mass is 16.2. The second-order valence-electron chi connectivity index (χ2n) is 2.48. The second kappa shape index (κ2) is 2.82. The smallest absolute Gasteiger partial charge is 0.239 e. The van der Waals surface area contributed by atoms with Gasteiger partial charge in [-0.3, -0.25) is 4.79 Å². The van der Waals surface area contributed by atoms with Gasteiger partial charge >= 0.3 is 0 Å². The quantitative estimate of drug-likeness (QED) is 0.536. The van der Waals surface area contributed by atoms with Crippen LogP contribution in [0.15, 0.2) is 0 Å². The van der Waals surface area contributed by atoms with Crippen LogP contribution in [-0.4, -0.2) is 18.0 Å². The Morgan fingerprint density at radius 2 is 2.22 bits per heavy atom. The number of carbonyl (C=O) groups excluding carboxylic acids is 1. The van der Waals surface area contributed by atoms with Gasteiger partial charge in [0.25, 0.3) is 0 Å². The molecule has 9 heavy (non-hydrogen) atoms. The zero-order valence-corrected chi connectivity index (χ0v) is 5.90. The lowest BCUT2D eigenvalue weighted by Gasteiger charge is -2.16. The van der Waals surface area contributed by atoms with Crippen molar-refractivity contribution < 1.29 is 4.79 Å². The molecule has 0 aliphatic carbocycles. The third kappa shape index (κ3) is 3.08. The van der Waals surface area contributed by atoms with E-state index in [4.69, 9.17) is 5.73 Å². The Balaban J connectivity index is 3.74. The summed E-state index contributed by atoms with van der Waals surface area (Å²) in [6, 6.07) is 0. The summed E-state index contributed by atoms with van der Waals surface area (Å²) in [5.41, 5.74) is 4.65. The Morgan fingerprint density at radius 1 is 1.78 bits per heavy atom. The van der Waals surface area contributed by atoms with E-state index in [0.717, 1.165) is 0 Å². The van der Waals surface area contributed by atoms with Crippen molar-refractivity contribution in [1.29, 1.82) is 0 Å². The van der Waals surface area contributed by atoms with Crippen LogP contribution in [0.5, 0.6) is 0 Å². The first-order chi connectivity index (χ1) is 3.98. The molecule has 0 aliphatic heterocycles. The first-order valence-corrected chi connectivity index (χ1v) is 2.85. The van der Waals surface area contributed by atoms with Crippen LogP contribution in [0.2, 0.25) is 0 Å². The van der Waals surface area contributed by atoms with Crippen molar-refractivity contribution >= 4 is 5.91 Å². The molecule has 0 spiro atoms. The number of carbonyl (C=O) groups is 1. The Labute approximate surface area is 55.6 Å². The fraction of sp³-hybridized carbons (Fsp3) is 0.667. The molecule has 53 valence electrons. The average Bonchev–Trinajstić information content (AvgIpc) is 1.64. The van der Waals surface area contributed by atoms with Crippen molar-refractivity contribution in [3.05, 3.63) is 6.92 Å². The van der Waals surface area contributed by atoms with E-state index in [2.05, 4.69) is 12.2 Å². The van der Waals surface area contributed by atoms with E-state index in [0.29, 0.717) is 6.54 Å². The van der Waals surface area contributed by atoms with E-state index < -0.39 is 5.54 Å². The molecule has 3 nitrogen and oxygen atoms in total. The first kappa shape index (κ1) is 8.43. The minimum atomic E-state index is -0.780. The molecule has 0 saturated carbocycles. The summed E-state index contributed by atoms with van der Waals surface area (Å²) in [7, 11) is 0. The van der Waals surface area contributed by atoms with Gasteiger partial charge in [0.2, 0.25) is 5.91 Å². The van der Waals surface area contributed by atoms with Gasteiger partial charge in [-0.1, -0.05) is 0 Å². The van der Waals surface area contributed by atoms with Crippen molar-refractivity contribution in [3.8, 4) is 0 Å². The van der Waals surface area contributed by atoms with Crippen LogP contribution >= 0.6 is 0 Å². The molecule has 0 aromatic heterocycles. The van der Waals surface area contributed by atoms with E-state index in [9.17, 15) is 4.79 Å². The third-order valence-electron chi connectivity index (χ3n) is 0.871. The van der Waals surface area contributed by atoms with E-state index >= 15 is 0 Å². The van der Waals surface area contributed by atoms with Crippen LogP contribution in [-0.2, 0) is 4.79 Å². The van der Waals surface area contributed by atoms with Crippen LogP contribution in [0.1, 0.15) is 13.8 Å². The summed E-state index contributed by atoms with van der Waals surface area (Å²) in [5, 5.41) is 2.51. The van der Waals surface area contributed by atoms with E-state index in [-0.39, 0.29) is 5.91 Å². The predicted octanol–water partition coefficient (Wildman–Crippen LogP) is -0.326. The molecule has 0 aromatic rings. The maximum Gasteiger partial charge on any atom is 0.239 e. The SMILES string of the molecule is [CH2]CNC(=O)C(C)(C)N. The van der Waals surface area contributed by atoms with Gasteiger partial charge in [-0.2, -0.15) is 0 Å². The predicted molar refractivity (Wildman–Crippen MR) is 36.6 cm³/mol. The van der Waals surface area contributed by atoms with Gasteiger partial charge in [0.1, 0.15) is 0 Å². The normalized spacial score (nSPS) is 11.1. The van der Waals surface area contributed by atoms with Crippen molar-refractivity contribution in [2.75, 3.05) is 6.54 Å². The molecule has 0 aliphatic rings. The molecule has 3 N–H and O–H groups in total. The fourth-order valence-electron chi connectivity index (χ4n) is 0.341. The molecular formula is C6H13N2O. The van der Waals surface area contributed by atoms with Gasteiger partial charge < -0.3 is 11.1 Å². The molecule has 1 radical (unpaired) electrons. The van der Waals surface area contributed by atoms with Gasteiger partial charge in [-0.25, -0.2) is 0 Å². The van der Waals surface area contributed by atoms with Crippen LogP contribution < -0.4 is 11.1 Å². The van der Waals surface area contributed by atoms with Gasteiger partial charge in [0, 0.05) is 6.54 Å².